The first-order chi connectivity index (χ1) is 6.54. The maximum Gasteiger partial charge on any atom is 0.278 e. The number of aliphatic imine (C=N–C) groups is 1. The zero-order valence-corrected chi connectivity index (χ0v) is 6.91. The Balaban J connectivity index is 3.34. The van der Waals surface area contributed by atoms with E-state index in [0.29, 0.717) is 0 Å². The fourth-order valence-electron chi connectivity index (χ4n) is 0.882. The summed E-state index contributed by atoms with van der Waals surface area (Å²) in [6.45, 7) is 3.14. The molecular weight excluding hydrogens is 190 g/mol. The Bertz CT molecular complexity index is 383. The van der Waals surface area contributed by atoms with Crippen molar-refractivity contribution in [3.05, 3.63) is 38.4 Å². The third kappa shape index (κ3) is 1.89. The predicted octanol–water partition coefficient (Wildman–Crippen LogP) is 1.84. The van der Waals surface area contributed by atoms with Gasteiger partial charge in [0, 0.05) is 12.1 Å². The van der Waals surface area contributed by atoms with E-state index in [0.717, 1.165) is 18.2 Å². The number of rotatable bonds is 3. The van der Waals surface area contributed by atoms with E-state index in [-0.39, 0.29) is 17.1 Å². The van der Waals surface area contributed by atoms with Crippen LogP contribution in [0.1, 0.15) is 0 Å². The Morgan fingerprint density at radius 2 is 1.50 bits per heavy atom. The minimum Gasteiger partial charge on any atom is -0.264 e. The Hall–Kier alpha value is -2.31. The van der Waals surface area contributed by atoms with Crippen LogP contribution in [0.25, 0.3) is 0 Å². The molecule has 72 valence electrons. The van der Waals surface area contributed by atoms with Gasteiger partial charge in [-0.2, -0.15) is 0 Å². The van der Waals surface area contributed by atoms with Crippen molar-refractivity contribution in [3.8, 4) is 0 Å². The van der Waals surface area contributed by atoms with Gasteiger partial charge in [0.15, 0.2) is 0 Å². The molecule has 1 rings (SSSR count). The van der Waals surface area contributed by atoms with Crippen LogP contribution in [0, 0.1) is 20.2 Å². The molecule has 0 amide bonds. The van der Waals surface area contributed by atoms with E-state index < -0.39 is 9.85 Å². The number of hydrogen-bond donors (Lipinski definition) is 0. The van der Waals surface area contributed by atoms with Crippen LogP contribution < -0.4 is 0 Å². The molecule has 1 aromatic carbocycles. The summed E-state index contributed by atoms with van der Waals surface area (Å²) in [6.07, 6.45) is 0. The maximum atomic E-state index is 10.4. The van der Waals surface area contributed by atoms with Crippen molar-refractivity contribution in [2.24, 2.45) is 4.99 Å². The van der Waals surface area contributed by atoms with Crippen LogP contribution in [0.3, 0.4) is 0 Å². The summed E-state index contributed by atoms with van der Waals surface area (Å²) in [7, 11) is 0. The van der Waals surface area contributed by atoms with Crippen molar-refractivity contribution in [3.63, 3.8) is 0 Å². The molecule has 7 nitrogen and oxygen atoms in total. The lowest BCUT2D eigenvalue weighted by atomic mass is 10.2. The van der Waals surface area contributed by atoms with E-state index in [1.165, 1.54) is 0 Å². The first-order valence-corrected chi connectivity index (χ1v) is 3.45. The average Bonchev–Trinajstić information content (AvgIpc) is 2.16. The van der Waals surface area contributed by atoms with Crippen molar-refractivity contribution < 1.29 is 9.85 Å². The molecule has 0 unspecified atom stereocenters. The summed E-state index contributed by atoms with van der Waals surface area (Å²) in [4.78, 5) is 22.7. The van der Waals surface area contributed by atoms with Crippen LogP contribution in [0.5, 0.6) is 0 Å². The lowest BCUT2D eigenvalue weighted by Crippen LogP contribution is -1.92. The zero-order valence-electron chi connectivity index (χ0n) is 6.91. The van der Waals surface area contributed by atoms with Crippen LogP contribution in [0.2, 0.25) is 0 Å². The molecule has 0 aromatic heterocycles. The van der Waals surface area contributed by atoms with Gasteiger partial charge in [-0.15, -0.1) is 0 Å². The number of hydrogen-bond acceptors (Lipinski definition) is 5. The lowest BCUT2D eigenvalue weighted by Gasteiger charge is -1.95. The van der Waals surface area contributed by atoms with Gasteiger partial charge in [0.2, 0.25) is 0 Å². The van der Waals surface area contributed by atoms with Gasteiger partial charge in [-0.25, -0.2) is 0 Å². The van der Waals surface area contributed by atoms with E-state index in [1.807, 2.05) is 0 Å². The molecule has 0 saturated heterocycles. The zero-order chi connectivity index (χ0) is 10.7. The van der Waals surface area contributed by atoms with Gasteiger partial charge in [0.25, 0.3) is 11.4 Å². The van der Waals surface area contributed by atoms with Crippen LogP contribution in [0.15, 0.2) is 23.2 Å². The Morgan fingerprint density at radius 1 is 1.07 bits per heavy atom. The normalized spacial score (nSPS) is 9.43. The average molecular weight is 195 g/mol. The smallest absolute Gasteiger partial charge is 0.264 e. The maximum absolute atomic E-state index is 10.4. The van der Waals surface area contributed by atoms with Gasteiger partial charge in [0.05, 0.1) is 21.6 Å². The molecule has 0 spiro atoms. The second kappa shape index (κ2) is 3.60. The van der Waals surface area contributed by atoms with Crippen LogP contribution in [-0.2, 0) is 0 Å². The highest BCUT2D eigenvalue weighted by Crippen LogP contribution is 2.26. The Labute approximate surface area is 78.0 Å². The number of nitro benzene ring substituents is 2. The molecule has 0 saturated carbocycles. The molecule has 0 N–H and O–H groups in total. The fourth-order valence-corrected chi connectivity index (χ4v) is 0.882. The monoisotopic (exact) mass is 195 g/mol. The molecule has 0 bridgehead atoms. The highest BCUT2D eigenvalue weighted by atomic mass is 16.6. The third-order valence-corrected chi connectivity index (χ3v) is 1.49. The minimum atomic E-state index is -0.721. The minimum absolute atomic E-state index is 0.103. The predicted molar refractivity (Wildman–Crippen MR) is 49.0 cm³/mol. The van der Waals surface area contributed by atoms with E-state index in [1.54, 1.807) is 0 Å². The molecule has 1 aromatic rings. The van der Waals surface area contributed by atoms with Gasteiger partial charge in [-0.05, 0) is 6.72 Å². The number of nitrogens with zero attached hydrogens (tertiary/aromatic N) is 3. The molecule has 0 atom stereocenters. The second-order valence-electron chi connectivity index (χ2n) is 2.38. The third-order valence-electron chi connectivity index (χ3n) is 1.49. The summed E-state index contributed by atoms with van der Waals surface area (Å²) in [5.74, 6) is 0. The van der Waals surface area contributed by atoms with Crippen molar-refractivity contribution in [1.82, 2.24) is 0 Å². The van der Waals surface area contributed by atoms with Gasteiger partial charge in [0.1, 0.15) is 0 Å². The summed E-state index contributed by atoms with van der Waals surface area (Å²) in [6, 6.07) is 3.09. The van der Waals surface area contributed by atoms with Crippen LogP contribution in [0.4, 0.5) is 17.1 Å². The van der Waals surface area contributed by atoms with E-state index in [9.17, 15) is 20.2 Å². The molecule has 0 radical (unpaired) electrons. The molecule has 0 fully saturated rings. The molecule has 0 aliphatic carbocycles. The lowest BCUT2D eigenvalue weighted by molar-refractivity contribution is -0.394. The summed E-state index contributed by atoms with van der Waals surface area (Å²) >= 11 is 0. The molecule has 0 aliphatic rings. The molecule has 0 heterocycles. The standard InChI is InChI=1S/C7H5N3O4/c1-8-5-2-6(9(11)12)4-7(3-5)10(13)14/h2-4H,1H2. The molecule has 7 heteroatoms. The van der Waals surface area contributed by atoms with Crippen LogP contribution in [-0.4, -0.2) is 16.6 Å². The van der Waals surface area contributed by atoms with Crippen molar-refractivity contribution in [1.29, 1.82) is 0 Å². The highest BCUT2D eigenvalue weighted by molar-refractivity contribution is 5.58. The van der Waals surface area contributed by atoms with E-state index >= 15 is 0 Å². The number of nitro groups is 2. The molecule has 14 heavy (non-hydrogen) atoms. The topological polar surface area (TPSA) is 98.6 Å². The van der Waals surface area contributed by atoms with Crippen LogP contribution >= 0.6 is 0 Å². The quantitative estimate of drug-likeness (QED) is 0.417. The summed E-state index contributed by atoms with van der Waals surface area (Å²) in [5.41, 5.74) is -0.644. The second-order valence-corrected chi connectivity index (χ2v) is 2.38. The molecular formula is C7H5N3O4. The fraction of sp³-hybridized carbons (Fsp3) is 0. The van der Waals surface area contributed by atoms with Gasteiger partial charge >= 0.3 is 0 Å². The van der Waals surface area contributed by atoms with Crippen molar-refractivity contribution in [2.75, 3.05) is 0 Å². The van der Waals surface area contributed by atoms with Crippen molar-refractivity contribution in [2.45, 2.75) is 0 Å². The summed E-state index contributed by atoms with van der Waals surface area (Å²) in [5, 5.41) is 20.7. The Kier molecular flexibility index (Phi) is 2.52. The van der Waals surface area contributed by atoms with E-state index in [2.05, 4.69) is 11.7 Å². The first kappa shape index (κ1) is 9.78. The highest BCUT2D eigenvalue weighted by Gasteiger charge is 2.15. The number of benzene rings is 1. The first-order valence-electron chi connectivity index (χ1n) is 3.45. The molecule has 0 aliphatic heterocycles. The van der Waals surface area contributed by atoms with E-state index in [4.69, 9.17) is 0 Å². The SMILES string of the molecule is C=Nc1cc([N+](=O)[O-])cc([N+](=O)[O-])c1. The number of non-ortho nitro benzene ring substituents is 2. The van der Waals surface area contributed by atoms with Gasteiger partial charge in [-0.3, -0.25) is 25.2 Å². The largest absolute Gasteiger partial charge is 0.278 e. The van der Waals surface area contributed by atoms with Gasteiger partial charge < -0.3 is 0 Å². The van der Waals surface area contributed by atoms with Gasteiger partial charge in [-0.1, -0.05) is 0 Å². The van der Waals surface area contributed by atoms with Crippen molar-refractivity contribution >= 4 is 23.8 Å². The Morgan fingerprint density at radius 3 is 1.79 bits per heavy atom. The summed E-state index contributed by atoms with van der Waals surface area (Å²) < 4.78 is 0.